The van der Waals surface area contributed by atoms with E-state index in [2.05, 4.69) is 21.3 Å². The lowest BCUT2D eigenvalue weighted by atomic mass is 10.1. The molecular formula is C32H32N4O4S2. The van der Waals surface area contributed by atoms with E-state index in [-0.39, 0.29) is 12.1 Å². The van der Waals surface area contributed by atoms with Crippen LogP contribution in [0.5, 0.6) is 0 Å². The highest BCUT2D eigenvalue weighted by molar-refractivity contribution is 7.10. The van der Waals surface area contributed by atoms with E-state index >= 15 is 0 Å². The minimum atomic E-state index is -0.173. The molecule has 0 aliphatic rings. The maximum atomic E-state index is 11.8. The van der Waals surface area contributed by atoms with E-state index in [1.807, 2.05) is 97.4 Å². The molecule has 0 radical (unpaired) electrons. The van der Waals surface area contributed by atoms with Crippen LogP contribution in [0.2, 0.25) is 0 Å². The first-order valence-electron chi connectivity index (χ1n) is 13.5. The van der Waals surface area contributed by atoms with Crippen LogP contribution in [0, 0.1) is 13.8 Å². The van der Waals surface area contributed by atoms with E-state index in [1.54, 1.807) is 22.7 Å². The van der Waals surface area contributed by atoms with Gasteiger partial charge in [-0.2, -0.15) is 0 Å². The van der Waals surface area contributed by atoms with Gasteiger partial charge < -0.3 is 30.1 Å². The number of rotatable bonds is 8. The zero-order chi connectivity index (χ0) is 29.3. The number of para-hydroxylation sites is 2. The second-order valence-corrected chi connectivity index (χ2v) is 11.6. The molecule has 0 unspecified atom stereocenters. The zero-order valence-electron chi connectivity index (χ0n) is 23.4. The fraction of sp³-hybridized carbons (Fsp3) is 0.188. The third-order valence-electron chi connectivity index (χ3n) is 6.66. The number of benzene rings is 2. The predicted octanol–water partition coefficient (Wildman–Crippen LogP) is 7.60. The largest absolute Gasteiger partial charge is 0.461 e. The van der Waals surface area contributed by atoms with Crippen molar-refractivity contribution in [2.24, 2.45) is 0 Å². The molecule has 0 aliphatic carbocycles. The summed E-state index contributed by atoms with van der Waals surface area (Å²) < 4.78 is 11.4. The van der Waals surface area contributed by atoms with Gasteiger partial charge in [0.05, 0.1) is 13.1 Å². The van der Waals surface area contributed by atoms with Crippen LogP contribution in [0.4, 0.5) is 9.59 Å². The van der Waals surface area contributed by atoms with Crippen LogP contribution in [-0.4, -0.2) is 12.1 Å². The summed E-state index contributed by atoms with van der Waals surface area (Å²) in [4.78, 5) is 25.9. The average Bonchev–Trinajstić information content (AvgIpc) is 3.80. The number of amides is 4. The first kappa shape index (κ1) is 29.0. The second-order valence-electron chi connectivity index (χ2n) is 9.50. The number of fused-ring (bicyclic) bond motifs is 2. The molecule has 0 fully saturated rings. The minimum absolute atomic E-state index is 0.173. The summed E-state index contributed by atoms with van der Waals surface area (Å²) in [6, 6.07) is 23.3. The van der Waals surface area contributed by atoms with Crippen LogP contribution >= 0.6 is 22.7 Å². The maximum Gasteiger partial charge on any atom is 0.315 e. The third kappa shape index (κ3) is 7.39. The maximum absolute atomic E-state index is 11.8. The Morgan fingerprint density at radius 3 is 1.38 bits per heavy atom. The lowest BCUT2D eigenvalue weighted by Crippen LogP contribution is -2.34. The van der Waals surface area contributed by atoms with Crippen molar-refractivity contribution in [3.8, 4) is 0 Å². The van der Waals surface area contributed by atoms with Gasteiger partial charge in [0.1, 0.15) is 22.7 Å². The zero-order valence-corrected chi connectivity index (χ0v) is 25.0. The molecule has 0 aliphatic heterocycles. The fourth-order valence-electron chi connectivity index (χ4n) is 4.51. The lowest BCUT2D eigenvalue weighted by molar-refractivity contribution is 0.239. The standard InChI is InChI=1S/2C16H16N2O2S/c2*1-11-14(13-6-2-3-7-15(13)20-11)10-18-16(19)17-9-12-5-4-8-21-12/h2*2-8H,9-10H2,1H3,(H2,17,18,19). The number of hydrogen-bond donors (Lipinski definition) is 4. The van der Waals surface area contributed by atoms with Crippen LogP contribution in [0.1, 0.15) is 32.4 Å². The van der Waals surface area contributed by atoms with Gasteiger partial charge in [0.25, 0.3) is 0 Å². The summed E-state index contributed by atoms with van der Waals surface area (Å²) in [6.45, 7) is 5.85. The molecule has 6 aromatic rings. The van der Waals surface area contributed by atoms with Gasteiger partial charge in [-0.25, -0.2) is 9.59 Å². The fourth-order valence-corrected chi connectivity index (χ4v) is 5.79. The van der Waals surface area contributed by atoms with Gasteiger partial charge in [0.15, 0.2) is 0 Å². The number of carbonyl (C=O) groups excluding carboxylic acids is 2. The van der Waals surface area contributed by atoms with E-state index < -0.39 is 0 Å². The van der Waals surface area contributed by atoms with Crippen LogP contribution in [0.15, 0.2) is 92.4 Å². The molecule has 0 bridgehead atoms. The number of thiophene rings is 2. The van der Waals surface area contributed by atoms with E-state index in [0.717, 1.165) is 54.3 Å². The van der Waals surface area contributed by atoms with Gasteiger partial charge in [-0.15, -0.1) is 22.7 Å². The molecule has 4 amide bonds. The van der Waals surface area contributed by atoms with Crippen molar-refractivity contribution in [3.63, 3.8) is 0 Å². The van der Waals surface area contributed by atoms with Crippen molar-refractivity contribution in [3.05, 3.63) is 116 Å². The Bertz CT molecular complexity index is 1620. The quantitative estimate of drug-likeness (QED) is 0.144. The lowest BCUT2D eigenvalue weighted by Gasteiger charge is -2.06. The van der Waals surface area contributed by atoms with Crippen molar-refractivity contribution in [1.82, 2.24) is 21.3 Å². The molecule has 0 saturated heterocycles. The molecule has 6 rings (SSSR count). The van der Waals surface area contributed by atoms with Crippen LogP contribution in [0.3, 0.4) is 0 Å². The monoisotopic (exact) mass is 600 g/mol. The summed E-state index contributed by atoms with van der Waals surface area (Å²) in [5, 5.41) is 17.5. The van der Waals surface area contributed by atoms with Crippen molar-refractivity contribution in [2.75, 3.05) is 0 Å². The van der Waals surface area contributed by atoms with Gasteiger partial charge in [-0.3, -0.25) is 0 Å². The van der Waals surface area contributed by atoms with Gasteiger partial charge in [0, 0.05) is 44.7 Å². The van der Waals surface area contributed by atoms with Gasteiger partial charge in [-0.1, -0.05) is 48.5 Å². The Morgan fingerprint density at radius 1 is 0.571 bits per heavy atom. The molecule has 0 atom stereocenters. The highest BCUT2D eigenvalue weighted by atomic mass is 32.1. The van der Waals surface area contributed by atoms with Crippen LogP contribution < -0.4 is 21.3 Å². The molecule has 2 aromatic carbocycles. The summed E-state index contributed by atoms with van der Waals surface area (Å²) in [7, 11) is 0. The predicted molar refractivity (Wildman–Crippen MR) is 169 cm³/mol. The van der Waals surface area contributed by atoms with Crippen molar-refractivity contribution in [2.45, 2.75) is 40.0 Å². The summed E-state index contributed by atoms with van der Waals surface area (Å²) in [5.41, 5.74) is 3.75. The van der Waals surface area contributed by atoms with Crippen molar-refractivity contribution in [1.29, 1.82) is 0 Å². The molecule has 10 heteroatoms. The van der Waals surface area contributed by atoms with Crippen molar-refractivity contribution >= 4 is 56.7 Å². The molecule has 4 heterocycles. The average molecular weight is 601 g/mol. The normalized spacial score (nSPS) is 10.7. The van der Waals surface area contributed by atoms with Gasteiger partial charge in [-0.05, 0) is 48.9 Å². The molecule has 0 saturated carbocycles. The number of carbonyl (C=O) groups is 2. The molecule has 42 heavy (non-hydrogen) atoms. The van der Waals surface area contributed by atoms with Crippen LogP contribution in [-0.2, 0) is 26.2 Å². The summed E-state index contributed by atoms with van der Waals surface area (Å²) in [6.07, 6.45) is 0. The second kappa shape index (κ2) is 13.9. The van der Waals surface area contributed by atoms with E-state index in [0.29, 0.717) is 26.2 Å². The third-order valence-corrected chi connectivity index (χ3v) is 8.41. The molecule has 4 aromatic heterocycles. The Kier molecular flexibility index (Phi) is 9.58. The summed E-state index contributed by atoms with van der Waals surface area (Å²) >= 11 is 3.26. The number of hydrogen-bond acceptors (Lipinski definition) is 6. The van der Waals surface area contributed by atoms with Gasteiger partial charge in [0.2, 0.25) is 0 Å². The van der Waals surface area contributed by atoms with Gasteiger partial charge >= 0.3 is 12.1 Å². The molecule has 0 spiro atoms. The molecule has 8 nitrogen and oxygen atoms in total. The summed E-state index contributed by atoms with van der Waals surface area (Å²) in [5.74, 6) is 1.68. The van der Waals surface area contributed by atoms with E-state index in [4.69, 9.17) is 8.83 Å². The van der Waals surface area contributed by atoms with E-state index in [1.165, 1.54) is 0 Å². The molecular weight excluding hydrogens is 569 g/mol. The Morgan fingerprint density at radius 2 is 0.976 bits per heavy atom. The number of urea groups is 2. The minimum Gasteiger partial charge on any atom is -0.461 e. The van der Waals surface area contributed by atoms with Crippen LogP contribution in [0.25, 0.3) is 21.9 Å². The number of furan rings is 2. The SMILES string of the molecule is Cc1oc2ccccc2c1CNC(=O)NCc1cccs1.Cc1oc2ccccc2c1CNC(=O)NCc1cccs1. The number of aryl methyl sites for hydroxylation is 2. The first-order chi connectivity index (χ1) is 20.5. The first-order valence-corrected chi connectivity index (χ1v) is 15.3. The van der Waals surface area contributed by atoms with Crippen molar-refractivity contribution < 1.29 is 18.4 Å². The number of nitrogens with one attached hydrogen (secondary N) is 4. The highest BCUT2D eigenvalue weighted by Gasteiger charge is 2.12. The Hall–Kier alpha value is -4.54. The molecule has 216 valence electrons. The Labute approximate surface area is 251 Å². The molecule has 4 N–H and O–H groups in total. The smallest absolute Gasteiger partial charge is 0.315 e. The highest BCUT2D eigenvalue weighted by Crippen LogP contribution is 2.26. The van der Waals surface area contributed by atoms with E-state index in [9.17, 15) is 9.59 Å². The topological polar surface area (TPSA) is 109 Å². The Balaban J connectivity index is 0.000000168.